The van der Waals surface area contributed by atoms with E-state index in [-0.39, 0.29) is 22.1 Å². The summed E-state index contributed by atoms with van der Waals surface area (Å²) in [6.07, 6.45) is -2.31. The summed E-state index contributed by atoms with van der Waals surface area (Å²) in [6.45, 7) is 0. The normalized spacial score (nSPS) is 14.0. The molecule has 1 unspecified atom stereocenters. The third-order valence-electron chi connectivity index (χ3n) is 3.17. The van der Waals surface area contributed by atoms with E-state index in [1.54, 1.807) is 0 Å². The molecule has 0 aliphatic heterocycles. The number of aromatic nitrogens is 3. The van der Waals surface area contributed by atoms with Crippen LogP contribution in [0.4, 0.5) is 23.2 Å². The molecular weight excluding hydrogens is 376 g/mol. The van der Waals surface area contributed by atoms with Crippen LogP contribution in [0.15, 0.2) is 56.4 Å². The third-order valence-corrected chi connectivity index (χ3v) is 4.88. The predicted molar refractivity (Wildman–Crippen MR) is 83.4 cm³/mol. The van der Waals surface area contributed by atoms with Crippen LogP contribution in [-0.4, -0.2) is 25.6 Å². The van der Waals surface area contributed by atoms with Gasteiger partial charge in [-0.05, 0) is 24.3 Å². The molecule has 3 aromatic rings. The van der Waals surface area contributed by atoms with Crippen LogP contribution in [-0.2, 0) is 15.9 Å². The fourth-order valence-electron chi connectivity index (χ4n) is 2.02. The van der Waals surface area contributed by atoms with Crippen molar-refractivity contribution in [3.8, 4) is 11.5 Å². The maximum absolute atomic E-state index is 13.8. The summed E-state index contributed by atoms with van der Waals surface area (Å²) in [5, 5.41) is 3.21. The lowest BCUT2D eigenvalue weighted by atomic mass is 10.3. The van der Waals surface area contributed by atoms with E-state index in [1.165, 1.54) is 48.9 Å². The summed E-state index contributed by atoms with van der Waals surface area (Å²) in [5.74, 6) is -2.49. The molecule has 0 saturated heterocycles. The zero-order valence-electron chi connectivity index (χ0n) is 13.1. The number of hydrogen-bond donors (Lipinski definition) is 0. The molecule has 26 heavy (non-hydrogen) atoms. The molecule has 3 rings (SSSR count). The molecule has 2 heterocycles. The van der Waals surface area contributed by atoms with E-state index < -0.39 is 27.6 Å². The minimum Gasteiger partial charge on any atom is -0.329 e. The Morgan fingerprint density at radius 1 is 1.15 bits per heavy atom. The molecule has 0 spiro atoms. The minimum absolute atomic E-state index is 0.0108. The number of nitrogens with zero attached hydrogens (tertiary/aromatic N) is 4. The van der Waals surface area contributed by atoms with Crippen molar-refractivity contribution < 1.29 is 26.3 Å². The van der Waals surface area contributed by atoms with E-state index in [0.29, 0.717) is 0 Å². The van der Waals surface area contributed by atoms with Crippen molar-refractivity contribution in [3.05, 3.63) is 54.3 Å². The molecule has 0 bridgehead atoms. The van der Waals surface area contributed by atoms with Crippen LogP contribution < -0.4 is 0 Å². The Morgan fingerprint density at radius 3 is 2.46 bits per heavy atom. The van der Waals surface area contributed by atoms with Gasteiger partial charge in [-0.1, -0.05) is 17.3 Å². The highest BCUT2D eigenvalue weighted by Crippen LogP contribution is 2.29. The van der Waals surface area contributed by atoms with Crippen LogP contribution in [0, 0.1) is 5.82 Å². The van der Waals surface area contributed by atoms with Gasteiger partial charge in [0.15, 0.2) is 0 Å². The summed E-state index contributed by atoms with van der Waals surface area (Å²) in [5.41, 5.74) is 0.167. The number of halogens is 4. The van der Waals surface area contributed by atoms with Crippen molar-refractivity contribution in [2.45, 2.75) is 11.1 Å². The standard InChI is InChI=1S/C15H10F4N4O2S/c1-26(24,12-5-3-2-4-10(12)16)23-9-6-7-11(20-8-9)13-21-14(25-22-13)15(17,18)19/h2-8H,1H3. The van der Waals surface area contributed by atoms with Gasteiger partial charge in [-0.25, -0.2) is 8.60 Å². The second-order valence-electron chi connectivity index (χ2n) is 5.15. The SMILES string of the molecule is CS(=O)(=Nc1ccc(-c2noc(C(F)(F)F)n2)nc1)c1ccccc1F. The molecule has 0 N–H and O–H groups in total. The smallest absolute Gasteiger partial charge is 0.329 e. The van der Waals surface area contributed by atoms with Gasteiger partial charge in [-0.15, -0.1) is 0 Å². The van der Waals surface area contributed by atoms with Crippen molar-refractivity contribution >= 4 is 15.4 Å². The second-order valence-corrected chi connectivity index (χ2v) is 7.37. The summed E-state index contributed by atoms with van der Waals surface area (Å²) in [7, 11) is -3.08. The Hall–Kier alpha value is -2.82. The number of hydrogen-bond acceptors (Lipinski definition) is 6. The number of benzene rings is 1. The van der Waals surface area contributed by atoms with Crippen molar-refractivity contribution in [3.63, 3.8) is 0 Å². The highest BCUT2D eigenvalue weighted by molar-refractivity contribution is 7.93. The fourth-order valence-corrected chi connectivity index (χ4v) is 3.39. The van der Waals surface area contributed by atoms with Crippen molar-refractivity contribution in [2.75, 3.05) is 6.26 Å². The van der Waals surface area contributed by atoms with Crippen LogP contribution in [0.3, 0.4) is 0 Å². The Bertz CT molecular complexity index is 1050. The highest BCUT2D eigenvalue weighted by atomic mass is 32.2. The van der Waals surface area contributed by atoms with Gasteiger partial charge in [0.2, 0.25) is 5.82 Å². The quantitative estimate of drug-likeness (QED) is 0.634. The van der Waals surface area contributed by atoms with Crippen LogP contribution in [0.2, 0.25) is 0 Å². The molecule has 0 fully saturated rings. The first-order valence-electron chi connectivity index (χ1n) is 7.01. The number of pyridine rings is 1. The van der Waals surface area contributed by atoms with Crippen LogP contribution in [0.1, 0.15) is 5.89 Å². The Morgan fingerprint density at radius 2 is 1.88 bits per heavy atom. The average Bonchev–Trinajstić information content (AvgIpc) is 3.06. The summed E-state index contributed by atoms with van der Waals surface area (Å²) < 4.78 is 72.0. The molecule has 2 aromatic heterocycles. The van der Waals surface area contributed by atoms with Gasteiger partial charge in [0.05, 0.1) is 26.5 Å². The van der Waals surface area contributed by atoms with Crippen LogP contribution in [0.25, 0.3) is 11.5 Å². The summed E-state index contributed by atoms with van der Waals surface area (Å²) >= 11 is 0. The monoisotopic (exact) mass is 386 g/mol. The van der Waals surface area contributed by atoms with E-state index in [0.717, 1.165) is 0 Å². The van der Waals surface area contributed by atoms with Crippen molar-refractivity contribution in [2.24, 2.45) is 4.36 Å². The first kappa shape index (κ1) is 18.0. The van der Waals surface area contributed by atoms with E-state index in [4.69, 9.17) is 0 Å². The maximum Gasteiger partial charge on any atom is 0.471 e. The largest absolute Gasteiger partial charge is 0.471 e. The summed E-state index contributed by atoms with van der Waals surface area (Å²) in [4.78, 5) is 7.03. The highest BCUT2D eigenvalue weighted by Gasteiger charge is 2.38. The molecule has 6 nitrogen and oxygen atoms in total. The molecule has 0 aliphatic rings. The van der Waals surface area contributed by atoms with Gasteiger partial charge in [-0.3, -0.25) is 4.98 Å². The second kappa shape index (κ2) is 6.48. The lowest BCUT2D eigenvalue weighted by molar-refractivity contribution is -0.159. The Balaban J connectivity index is 1.92. The molecule has 0 radical (unpaired) electrons. The van der Waals surface area contributed by atoms with Crippen LogP contribution >= 0.6 is 0 Å². The van der Waals surface area contributed by atoms with Gasteiger partial charge in [0.25, 0.3) is 0 Å². The van der Waals surface area contributed by atoms with Gasteiger partial charge in [0.1, 0.15) is 11.5 Å². The van der Waals surface area contributed by atoms with Crippen LogP contribution in [0.5, 0.6) is 0 Å². The summed E-state index contributed by atoms with van der Waals surface area (Å²) in [6, 6.07) is 8.18. The molecule has 0 aliphatic carbocycles. The zero-order valence-corrected chi connectivity index (χ0v) is 13.9. The number of rotatable bonds is 3. The molecule has 1 atom stereocenters. The first-order chi connectivity index (χ1) is 12.2. The molecule has 0 saturated carbocycles. The maximum atomic E-state index is 13.8. The number of alkyl halides is 3. The minimum atomic E-state index is -4.76. The van der Waals surface area contributed by atoms with Gasteiger partial charge in [0, 0.05) is 6.26 Å². The zero-order chi connectivity index (χ0) is 18.9. The fraction of sp³-hybridized carbons (Fsp3) is 0.133. The molecule has 136 valence electrons. The van der Waals surface area contributed by atoms with E-state index in [1.807, 2.05) is 0 Å². The average molecular weight is 386 g/mol. The Kier molecular flexibility index (Phi) is 4.48. The predicted octanol–water partition coefficient (Wildman–Crippen LogP) is 4.08. The molecular formula is C15H10F4N4O2S. The third kappa shape index (κ3) is 3.72. The van der Waals surface area contributed by atoms with E-state index in [9.17, 15) is 21.8 Å². The first-order valence-corrected chi connectivity index (χ1v) is 8.93. The molecule has 1 aromatic carbocycles. The van der Waals surface area contributed by atoms with Crippen molar-refractivity contribution in [1.82, 2.24) is 15.1 Å². The Labute approximate surface area is 145 Å². The van der Waals surface area contributed by atoms with Gasteiger partial charge >= 0.3 is 12.1 Å². The lowest BCUT2D eigenvalue weighted by Gasteiger charge is -2.05. The molecule has 11 heteroatoms. The van der Waals surface area contributed by atoms with E-state index in [2.05, 4.69) is 24.0 Å². The van der Waals surface area contributed by atoms with Gasteiger partial charge < -0.3 is 4.52 Å². The lowest BCUT2D eigenvalue weighted by Crippen LogP contribution is -2.04. The van der Waals surface area contributed by atoms with Gasteiger partial charge in [-0.2, -0.15) is 22.5 Å². The van der Waals surface area contributed by atoms with E-state index >= 15 is 0 Å². The van der Waals surface area contributed by atoms with Crippen molar-refractivity contribution in [1.29, 1.82) is 0 Å². The topological polar surface area (TPSA) is 81.2 Å². The molecule has 0 amide bonds.